The van der Waals surface area contributed by atoms with E-state index in [1.807, 2.05) is 30.8 Å². The molecule has 0 unspecified atom stereocenters. The fourth-order valence-electron chi connectivity index (χ4n) is 1.67. The van der Waals surface area contributed by atoms with E-state index in [-0.39, 0.29) is 5.91 Å². The molecule has 0 bridgehead atoms. The predicted octanol–water partition coefficient (Wildman–Crippen LogP) is 3.78. The van der Waals surface area contributed by atoms with Gasteiger partial charge in [-0.1, -0.05) is 18.2 Å². The molecule has 0 radical (unpaired) electrons. The van der Waals surface area contributed by atoms with E-state index >= 15 is 0 Å². The van der Waals surface area contributed by atoms with Gasteiger partial charge in [-0.25, -0.2) is 9.37 Å². The Bertz CT molecular complexity index is 722. The lowest BCUT2D eigenvalue weighted by molar-refractivity contribution is -0.111. The average Bonchev–Trinajstić information content (AvgIpc) is 2.87. The Morgan fingerprint density at radius 1 is 1.41 bits per heavy atom. The molecule has 0 aliphatic carbocycles. The number of hydrogen-bond donors (Lipinski definition) is 1. The quantitative estimate of drug-likeness (QED) is 0.674. The normalized spacial score (nSPS) is 11.4. The van der Waals surface area contributed by atoms with Gasteiger partial charge in [0.05, 0.1) is 5.69 Å². The molecule has 114 valence electrons. The lowest BCUT2D eigenvalue weighted by atomic mass is 10.3. The monoisotopic (exact) mass is 317 g/mol. The van der Waals surface area contributed by atoms with Gasteiger partial charge in [0, 0.05) is 30.4 Å². The van der Waals surface area contributed by atoms with Crippen molar-refractivity contribution in [1.29, 1.82) is 0 Å². The van der Waals surface area contributed by atoms with Crippen molar-refractivity contribution in [3.8, 4) is 0 Å². The van der Waals surface area contributed by atoms with Gasteiger partial charge in [-0.2, -0.15) is 0 Å². The molecule has 4 nitrogen and oxygen atoms in total. The van der Waals surface area contributed by atoms with Crippen LogP contribution in [0.2, 0.25) is 0 Å². The Morgan fingerprint density at radius 3 is 2.91 bits per heavy atom. The highest BCUT2D eigenvalue weighted by Crippen LogP contribution is 2.32. The number of anilines is 1. The minimum absolute atomic E-state index is 0.314. The first-order valence-corrected chi connectivity index (χ1v) is 7.47. The summed E-state index contributed by atoms with van der Waals surface area (Å²) < 4.78 is 15.3. The van der Waals surface area contributed by atoms with Gasteiger partial charge in [0.25, 0.3) is 0 Å². The second-order valence-electron chi connectivity index (χ2n) is 4.44. The SMILES string of the molecule is C/C=C/C=C/C(=O)Nc1cc(F)ccc1Sc1nccn1C. The van der Waals surface area contributed by atoms with E-state index in [0.717, 1.165) is 10.1 Å². The van der Waals surface area contributed by atoms with Crippen molar-refractivity contribution < 1.29 is 9.18 Å². The van der Waals surface area contributed by atoms with Crippen LogP contribution in [0, 0.1) is 5.82 Å². The van der Waals surface area contributed by atoms with Crippen LogP contribution in [0.3, 0.4) is 0 Å². The number of carbonyl (C=O) groups is 1. The maximum atomic E-state index is 13.5. The van der Waals surface area contributed by atoms with E-state index in [0.29, 0.717) is 5.69 Å². The van der Waals surface area contributed by atoms with Crippen molar-refractivity contribution >= 4 is 23.4 Å². The van der Waals surface area contributed by atoms with Crippen molar-refractivity contribution in [2.24, 2.45) is 7.05 Å². The van der Waals surface area contributed by atoms with E-state index in [9.17, 15) is 9.18 Å². The van der Waals surface area contributed by atoms with Crippen LogP contribution >= 0.6 is 11.8 Å². The number of hydrogen-bond acceptors (Lipinski definition) is 3. The highest BCUT2D eigenvalue weighted by Gasteiger charge is 2.10. The van der Waals surface area contributed by atoms with E-state index in [1.54, 1.807) is 24.4 Å². The average molecular weight is 317 g/mol. The molecule has 0 spiro atoms. The molecule has 0 aliphatic heterocycles. The van der Waals surface area contributed by atoms with Crippen LogP contribution in [0.15, 0.2) is 64.9 Å². The molecule has 2 aromatic rings. The first kappa shape index (κ1) is 16.0. The summed E-state index contributed by atoms with van der Waals surface area (Å²) in [5, 5.41) is 3.44. The molecule has 1 N–H and O–H groups in total. The second-order valence-corrected chi connectivity index (χ2v) is 5.45. The summed E-state index contributed by atoms with van der Waals surface area (Å²) in [5.74, 6) is -0.720. The standard InChI is InChI=1S/C16H16FN3OS/c1-3-4-5-6-15(21)19-13-11-12(17)7-8-14(13)22-16-18-9-10-20(16)2/h3-11H,1-2H3,(H,19,21)/b4-3+,6-5+. The third-order valence-corrected chi connectivity index (χ3v) is 3.88. The van der Waals surface area contributed by atoms with Gasteiger partial charge in [-0.15, -0.1) is 0 Å². The van der Waals surface area contributed by atoms with E-state index in [4.69, 9.17) is 0 Å². The highest BCUT2D eigenvalue weighted by atomic mass is 32.2. The van der Waals surface area contributed by atoms with Crippen LogP contribution in [0.1, 0.15) is 6.92 Å². The fourth-order valence-corrected chi connectivity index (χ4v) is 2.54. The summed E-state index contributed by atoms with van der Waals surface area (Å²) in [5.41, 5.74) is 0.420. The first-order chi connectivity index (χ1) is 10.6. The van der Waals surface area contributed by atoms with Crippen molar-refractivity contribution in [3.63, 3.8) is 0 Å². The number of aromatic nitrogens is 2. The van der Waals surface area contributed by atoms with Gasteiger partial charge in [0.2, 0.25) is 5.91 Å². The van der Waals surface area contributed by atoms with Gasteiger partial charge >= 0.3 is 0 Å². The number of amides is 1. The Morgan fingerprint density at radius 2 is 2.23 bits per heavy atom. The summed E-state index contributed by atoms with van der Waals surface area (Å²) in [6, 6.07) is 4.28. The molecule has 1 aromatic heterocycles. The zero-order valence-corrected chi connectivity index (χ0v) is 13.1. The Labute approximate surface area is 132 Å². The van der Waals surface area contributed by atoms with Crippen molar-refractivity contribution in [2.75, 3.05) is 5.32 Å². The Balaban J connectivity index is 2.21. The molecule has 0 saturated heterocycles. The first-order valence-electron chi connectivity index (χ1n) is 6.65. The molecule has 0 atom stereocenters. The van der Waals surface area contributed by atoms with Crippen LogP contribution in [-0.4, -0.2) is 15.5 Å². The predicted molar refractivity (Wildman–Crippen MR) is 86.3 cm³/mol. The van der Waals surface area contributed by atoms with E-state index < -0.39 is 5.82 Å². The lowest BCUT2D eigenvalue weighted by Crippen LogP contribution is -2.09. The van der Waals surface area contributed by atoms with E-state index in [1.165, 1.54) is 30.0 Å². The molecule has 1 aromatic carbocycles. The van der Waals surface area contributed by atoms with Crippen LogP contribution in [-0.2, 0) is 11.8 Å². The zero-order chi connectivity index (χ0) is 15.9. The molecule has 1 heterocycles. The maximum Gasteiger partial charge on any atom is 0.248 e. The minimum atomic E-state index is -0.406. The molecular formula is C16H16FN3OS. The number of halogens is 1. The number of nitrogens with one attached hydrogen (secondary N) is 1. The number of allylic oxidation sites excluding steroid dienone is 3. The topological polar surface area (TPSA) is 46.9 Å². The summed E-state index contributed by atoms with van der Waals surface area (Å²) in [6.07, 6.45) is 10.1. The summed E-state index contributed by atoms with van der Waals surface area (Å²) in [6.45, 7) is 1.86. The largest absolute Gasteiger partial charge is 0.329 e. The number of benzene rings is 1. The number of aryl methyl sites for hydroxylation is 1. The van der Waals surface area contributed by atoms with Crippen LogP contribution in [0.5, 0.6) is 0 Å². The third kappa shape index (κ3) is 4.33. The Kier molecular flexibility index (Phi) is 5.55. The van der Waals surface area contributed by atoms with Crippen molar-refractivity contribution in [3.05, 3.63) is 60.7 Å². The fraction of sp³-hybridized carbons (Fsp3) is 0.125. The summed E-state index contributed by atoms with van der Waals surface area (Å²) >= 11 is 1.36. The molecular weight excluding hydrogens is 301 g/mol. The molecule has 0 fully saturated rings. The minimum Gasteiger partial charge on any atom is -0.329 e. The lowest BCUT2D eigenvalue weighted by Gasteiger charge is -2.09. The summed E-state index contributed by atoms with van der Waals surface area (Å²) in [7, 11) is 1.87. The Hall–Kier alpha value is -2.34. The zero-order valence-electron chi connectivity index (χ0n) is 12.3. The molecule has 0 saturated carbocycles. The van der Waals surface area contributed by atoms with Gasteiger partial charge in [-0.05, 0) is 36.9 Å². The molecule has 6 heteroatoms. The smallest absolute Gasteiger partial charge is 0.248 e. The highest BCUT2D eigenvalue weighted by molar-refractivity contribution is 7.99. The molecule has 0 aliphatic rings. The van der Waals surface area contributed by atoms with E-state index in [2.05, 4.69) is 10.3 Å². The number of carbonyl (C=O) groups excluding carboxylic acids is 1. The van der Waals surface area contributed by atoms with Crippen LogP contribution < -0.4 is 5.32 Å². The van der Waals surface area contributed by atoms with Crippen LogP contribution in [0.25, 0.3) is 0 Å². The van der Waals surface area contributed by atoms with Gasteiger partial charge in [0.15, 0.2) is 5.16 Å². The van der Waals surface area contributed by atoms with Gasteiger partial charge < -0.3 is 9.88 Å². The number of imidazole rings is 1. The second kappa shape index (κ2) is 7.61. The van der Waals surface area contributed by atoms with Gasteiger partial charge in [0.1, 0.15) is 5.82 Å². The number of nitrogens with zero attached hydrogens (tertiary/aromatic N) is 2. The van der Waals surface area contributed by atoms with Crippen molar-refractivity contribution in [2.45, 2.75) is 17.0 Å². The van der Waals surface area contributed by atoms with Crippen molar-refractivity contribution in [1.82, 2.24) is 9.55 Å². The maximum absolute atomic E-state index is 13.5. The molecule has 1 amide bonds. The third-order valence-electron chi connectivity index (χ3n) is 2.73. The number of rotatable bonds is 5. The summed E-state index contributed by atoms with van der Waals surface area (Å²) in [4.78, 5) is 16.8. The molecule has 22 heavy (non-hydrogen) atoms. The van der Waals surface area contributed by atoms with Crippen LogP contribution in [0.4, 0.5) is 10.1 Å². The molecule has 2 rings (SSSR count). The van der Waals surface area contributed by atoms with Gasteiger partial charge in [-0.3, -0.25) is 4.79 Å².